The number of hydrogen-bond acceptors (Lipinski definition) is 2. The predicted molar refractivity (Wildman–Crippen MR) is 68.1 cm³/mol. The Bertz CT molecular complexity index is 492. The van der Waals surface area contributed by atoms with Crippen molar-refractivity contribution in [3.05, 3.63) is 29.8 Å². The Hall–Kier alpha value is -1.84. The van der Waals surface area contributed by atoms with E-state index in [0.29, 0.717) is 6.42 Å². The predicted octanol–water partition coefficient (Wildman–Crippen LogP) is 1.42. The standard InChI is InChI=1S/C14H16N2O2/c17-13-11(14(18)16-7-3-4-8-16)9-10-5-1-2-6-12(10)15-13/h1-2,5-6,11H,3-4,7-9H2,(H,15,17). The second-order valence-corrected chi connectivity index (χ2v) is 4.94. The topological polar surface area (TPSA) is 49.4 Å². The van der Waals surface area contributed by atoms with Gasteiger partial charge in [-0.25, -0.2) is 0 Å². The zero-order chi connectivity index (χ0) is 12.5. The van der Waals surface area contributed by atoms with Crippen LogP contribution in [0.2, 0.25) is 0 Å². The molecular formula is C14H16N2O2. The van der Waals surface area contributed by atoms with Crippen LogP contribution in [0.5, 0.6) is 0 Å². The lowest BCUT2D eigenvalue weighted by atomic mass is 9.92. The van der Waals surface area contributed by atoms with Crippen LogP contribution in [0.3, 0.4) is 0 Å². The number of benzene rings is 1. The molecule has 2 heterocycles. The summed E-state index contributed by atoms with van der Waals surface area (Å²) in [6, 6.07) is 7.68. The third-order valence-corrected chi connectivity index (χ3v) is 3.73. The number of nitrogens with one attached hydrogen (secondary N) is 1. The van der Waals surface area contributed by atoms with Gasteiger partial charge in [0, 0.05) is 18.8 Å². The molecule has 2 aliphatic heterocycles. The maximum absolute atomic E-state index is 12.3. The summed E-state index contributed by atoms with van der Waals surface area (Å²) >= 11 is 0. The van der Waals surface area contributed by atoms with E-state index in [1.807, 2.05) is 29.2 Å². The molecular weight excluding hydrogens is 228 g/mol. The molecule has 0 radical (unpaired) electrons. The molecule has 1 saturated heterocycles. The van der Waals surface area contributed by atoms with Crippen LogP contribution in [0.15, 0.2) is 24.3 Å². The van der Waals surface area contributed by atoms with E-state index in [1.54, 1.807) is 0 Å². The summed E-state index contributed by atoms with van der Waals surface area (Å²) < 4.78 is 0. The molecule has 1 N–H and O–H groups in total. The van der Waals surface area contributed by atoms with Gasteiger partial charge in [-0.2, -0.15) is 0 Å². The van der Waals surface area contributed by atoms with Crippen molar-refractivity contribution >= 4 is 17.5 Å². The zero-order valence-corrected chi connectivity index (χ0v) is 10.2. The van der Waals surface area contributed by atoms with Crippen molar-refractivity contribution in [2.75, 3.05) is 18.4 Å². The largest absolute Gasteiger partial charge is 0.342 e. The summed E-state index contributed by atoms with van der Waals surface area (Å²) in [6.45, 7) is 1.59. The Morgan fingerprint density at radius 1 is 1.22 bits per heavy atom. The SMILES string of the molecule is O=C1Nc2ccccc2CC1C(=O)N1CCCC1. The van der Waals surface area contributed by atoms with E-state index in [9.17, 15) is 9.59 Å². The third-order valence-electron chi connectivity index (χ3n) is 3.73. The van der Waals surface area contributed by atoms with Gasteiger partial charge in [-0.05, 0) is 30.9 Å². The van der Waals surface area contributed by atoms with Crippen LogP contribution in [-0.2, 0) is 16.0 Å². The maximum Gasteiger partial charge on any atom is 0.237 e. The van der Waals surface area contributed by atoms with E-state index in [2.05, 4.69) is 5.32 Å². The van der Waals surface area contributed by atoms with Gasteiger partial charge in [0.2, 0.25) is 11.8 Å². The fraction of sp³-hybridized carbons (Fsp3) is 0.429. The Morgan fingerprint density at radius 2 is 1.94 bits per heavy atom. The normalized spacial score (nSPS) is 22.6. The quantitative estimate of drug-likeness (QED) is 0.759. The molecule has 4 nitrogen and oxygen atoms in total. The van der Waals surface area contributed by atoms with Crippen LogP contribution in [0, 0.1) is 5.92 Å². The first-order chi connectivity index (χ1) is 8.75. The average Bonchev–Trinajstić information content (AvgIpc) is 2.91. The minimum Gasteiger partial charge on any atom is -0.342 e. The van der Waals surface area contributed by atoms with Crippen molar-refractivity contribution < 1.29 is 9.59 Å². The second-order valence-electron chi connectivity index (χ2n) is 4.94. The number of rotatable bonds is 1. The second kappa shape index (κ2) is 4.44. The fourth-order valence-corrected chi connectivity index (χ4v) is 2.71. The monoisotopic (exact) mass is 244 g/mol. The summed E-state index contributed by atoms with van der Waals surface area (Å²) in [5.41, 5.74) is 1.89. The maximum atomic E-state index is 12.3. The lowest BCUT2D eigenvalue weighted by Crippen LogP contribution is -2.43. The zero-order valence-electron chi connectivity index (χ0n) is 10.2. The number of anilines is 1. The van der Waals surface area contributed by atoms with Crippen LogP contribution < -0.4 is 5.32 Å². The number of nitrogens with zero attached hydrogens (tertiary/aromatic N) is 1. The third kappa shape index (κ3) is 1.88. The highest BCUT2D eigenvalue weighted by Gasteiger charge is 2.35. The van der Waals surface area contributed by atoms with E-state index in [0.717, 1.165) is 37.2 Å². The van der Waals surface area contributed by atoms with Gasteiger partial charge >= 0.3 is 0 Å². The number of para-hydroxylation sites is 1. The molecule has 94 valence electrons. The lowest BCUT2D eigenvalue weighted by Gasteiger charge is -2.27. The van der Waals surface area contributed by atoms with Gasteiger partial charge < -0.3 is 10.2 Å². The van der Waals surface area contributed by atoms with Gasteiger partial charge in [0.1, 0.15) is 5.92 Å². The Morgan fingerprint density at radius 3 is 2.72 bits per heavy atom. The molecule has 0 spiro atoms. The first-order valence-electron chi connectivity index (χ1n) is 6.43. The number of hydrogen-bond donors (Lipinski definition) is 1. The van der Waals surface area contributed by atoms with Crippen LogP contribution in [0.1, 0.15) is 18.4 Å². The van der Waals surface area contributed by atoms with E-state index in [-0.39, 0.29) is 11.8 Å². The Labute approximate surface area is 106 Å². The molecule has 1 unspecified atom stereocenters. The molecule has 0 aliphatic carbocycles. The molecule has 0 bridgehead atoms. The van der Waals surface area contributed by atoms with E-state index in [4.69, 9.17) is 0 Å². The van der Waals surface area contributed by atoms with E-state index >= 15 is 0 Å². The smallest absolute Gasteiger partial charge is 0.237 e. The van der Waals surface area contributed by atoms with Crippen LogP contribution >= 0.6 is 0 Å². The van der Waals surface area contributed by atoms with Gasteiger partial charge in [-0.15, -0.1) is 0 Å². The van der Waals surface area contributed by atoms with Gasteiger partial charge in [-0.1, -0.05) is 18.2 Å². The fourth-order valence-electron chi connectivity index (χ4n) is 2.71. The van der Waals surface area contributed by atoms with Crippen LogP contribution in [0.25, 0.3) is 0 Å². The molecule has 1 aromatic carbocycles. The highest BCUT2D eigenvalue weighted by Crippen LogP contribution is 2.27. The average molecular weight is 244 g/mol. The summed E-state index contributed by atoms with van der Waals surface area (Å²) in [6.07, 6.45) is 2.63. The number of carbonyl (C=O) groups excluding carboxylic acids is 2. The molecule has 4 heteroatoms. The minimum atomic E-state index is -0.544. The molecule has 1 atom stereocenters. The summed E-state index contributed by atoms with van der Waals surface area (Å²) in [7, 11) is 0. The molecule has 0 saturated carbocycles. The minimum absolute atomic E-state index is 0.0143. The highest BCUT2D eigenvalue weighted by atomic mass is 16.2. The first-order valence-corrected chi connectivity index (χ1v) is 6.43. The van der Waals surface area contributed by atoms with Crippen LogP contribution in [-0.4, -0.2) is 29.8 Å². The summed E-state index contributed by atoms with van der Waals surface area (Å²) in [5.74, 6) is -0.719. The van der Waals surface area contributed by atoms with Crippen LogP contribution in [0.4, 0.5) is 5.69 Å². The number of carbonyl (C=O) groups is 2. The van der Waals surface area contributed by atoms with Crippen molar-refractivity contribution in [3.8, 4) is 0 Å². The lowest BCUT2D eigenvalue weighted by molar-refractivity contribution is -0.139. The van der Waals surface area contributed by atoms with E-state index in [1.165, 1.54) is 0 Å². The van der Waals surface area contributed by atoms with Crippen molar-refractivity contribution in [2.24, 2.45) is 5.92 Å². The van der Waals surface area contributed by atoms with Crippen molar-refractivity contribution in [2.45, 2.75) is 19.3 Å². The highest BCUT2D eigenvalue weighted by molar-refractivity contribution is 6.08. The molecule has 1 fully saturated rings. The Balaban J connectivity index is 1.82. The van der Waals surface area contributed by atoms with Gasteiger partial charge in [-0.3, -0.25) is 9.59 Å². The van der Waals surface area contributed by atoms with Gasteiger partial charge in [0.15, 0.2) is 0 Å². The molecule has 3 rings (SSSR count). The molecule has 1 aromatic rings. The number of likely N-dealkylation sites (tertiary alicyclic amines) is 1. The molecule has 18 heavy (non-hydrogen) atoms. The number of amides is 2. The molecule has 0 aromatic heterocycles. The number of fused-ring (bicyclic) bond motifs is 1. The van der Waals surface area contributed by atoms with Gasteiger partial charge in [0.05, 0.1) is 0 Å². The van der Waals surface area contributed by atoms with Crippen molar-refractivity contribution in [1.82, 2.24) is 4.90 Å². The first kappa shape index (κ1) is 11.3. The van der Waals surface area contributed by atoms with E-state index < -0.39 is 5.92 Å². The summed E-state index contributed by atoms with van der Waals surface area (Å²) in [4.78, 5) is 26.1. The molecule has 2 aliphatic rings. The summed E-state index contributed by atoms with van der Waals surface area (Å²) in [5, 5.41) is 2.83. The molecule has 2 amide bonds. The van der Waals surface area contributed by atoms with Gasteiger partial charge in [0.25, 0.3) is 0 Å². The van der Waals surface area contributed by atoms with Crippen molar-refractivity contribution in [1.29, 1.82) is 0 Å². The Kier molecular flexibility index (Phi) is 2.78. The van der Waals surface area contributed by atoms with Crippen molar-refractivity contribution in [3.63, 3.8) is 0 Å².